The molecule has 5 heteroatoms. The molecule has 0 saturated carbocycles. The van der Waals surface area contributed by atoms with Crippen molar-refractivity contribution in [1.29, 1.82) is 0 Å². The Morgan fingerprint density at radius 3 is 2.22 bits per heavy atom. The first-order chi connectivity index (χ1) is 15.6. The number of hydrogen-bond acceptors (Lipinski definition) is 3. The van der Waals surface area contributed by atoms with E-state index >= 15 is 0 Å². The van der Waals surface area contributed by atoms with E-state index in [-0.39, 0.29) is 4.90 Å². The van der Waals surface area contributed by atoms with E-state index in [0.29, 0.717) is 17.0 Å². The minimum Gasteiger partial charge on any atom is -0.456 e. The number of rotatable bonds is 3. The topological polar surface area (TPSA) is 52.2 Å². The van der Waals surface area contributed by atoms with Gasteiger partial charge in [0.05, 0.1) is 16.7 Å². The summed E-state index contributed by atoms with van der Waals surface area (Å²) in [4.78, 5) is 0.213. The van der Waals surface area contributed by atoms with Crippen LogP contribution in [-0.4, -0.2) is 12.4 Å². The average Bonchev–Trinajstić information content (AvgIpc) is 3.44. The molecule has 3 aromatic carbocycles. The summed E-state index contributed by atoms with van der Waals surface area (Å²) in [5, 5.41) is 0.818. The Labute approximate surface area is 186 Å². The summed E-state index contributed by atoms with van der Waals surface area (Å²) in [5.74, 6) is 6.55. The van der Waals surface area contributed by atoms with Gasteiger partial charge in [0.1, 0.15) is 5.69 Å². The van der Waals surface area contributed by atoms with Crippen molar-refractivity contribution in [1.82, 2.24) is 3.97 Å². The Balaban J connectivity index is 1.88. The molecule has 0 radical (unpaired) electrons. The van der Waals surface area contributed by atoms with Gasteiger partial charge in [-0.2, -0.15) is 0 Å². The fourth-order valence-electron chi connectivity index (χ4n) is 3.76. The monoisotopic (exact) mass is 437 g/mol. The van der Waals surface area contributed by atoms with Gasteiger partial charge in [0, 0.05) is 10.9 Å². The number of furan rings is 1. The molecule has 5 rings (SSSR count). The second kappa shape index (κ2) is 7.92. The van der Waals surface area contributed by atoms with Gasteiger partial charge in [-0.1, -0.05) is 66.2 Å². The van der Waals surface area contributed by atoms with Crippen molar-refractivity contribution >= 4 is 20.9 Å². The van der Waals surface area contributed by atoms with Crippen LogP contribution in [0.1, 0.15) is 17.0 Å². The van der Waals surface area contributed by atoms with Crippen molar-refractivity contribution in [3.8, 4) is 23.0 Å². The number of para-hydroxylation sites is 1. The molecule has 0 aliphatic carbocycles. The lowest BCUT2D eigenvalue weighted by molar-refractivity contribution is 0.554. The first-order valence-electron chi connectivity index (χ1n) is 10.1. The van der Waals surface area contributed by atoms with Crippen LogP contribution < -0.4 is 0 Å². The van der Waals surface area contributed by atoms with E-state index in [9.17, 15) is 8.42 Å². The van der Waals surface area contributed by atoms with Crippen LogP contribution in [0.4, 0.5) is 0 Å². The molecule has 2 heterocycles. The molecule has 2 aromatic heterocycles. The maximum absolute atomic E-state index is 13.9. The van der Waals surface area contributed by atoms with Crippen LogP contribution >= 0.6 is 0 Å². The van der Waals surface area contributed by atoms with Crippen molar-refractivity contribution in [3.63, 3.8) is 0 Å². The molecule has 0 atom stereocenters. The Hall–Kier alpha value is -4.01. The van der Waals surface area contributed by atoms with Gasteiger partial charge in [-0.15, -0.1) is 0 Å². The van der Waals surface area contributed by atoms with Gasteiger partial charge in [0.2, 0.25) is 0 Å². The molecule has 0 aliphatic rings. The Kier molecular flexibility index (Phi) is 4.93. The highest BCUT2D eigenvalue weighted by Crippen LogP contribution is 2.37. The van der Waals surface area contributed by atoms with E-state index in [1.807, 2.05) is 61.5 Å². The number of fused-ring (bicyclic) bond motifs is 1. The van der Waals surface area contributed by atoms with Gasteiger partial charge in [-0.05, 0) is 54.7 Å². The standard InChI is InChI=1S/C27H19NO3S/c1-20-13-16-23(17-14-20)32(29,30)28-25-12-6-5-11-24(25)27(21-8-3-2-4-9-21)26(28)18-15-22-10-7-19-31-22/h2-14,16-17,19H,1H3. The minimum atomic E-state index is -3.91. The molecule has 0 bridgehead atoms. The largest absolute Gasteiger partial charge is 0.456 e. The second-order valence-corrected chi connectivity index (χ2v) is 9.20. The van der Waals surface area contributed by atoms with E-state index in [1.54, 1.807) is 42.7 Å². The number of nitrogens with zero attached hydrogens (tertiary/aromatic N) is 1. The maximum Gasteiger partial charge on any atom is 0.269 e. The molecule has 0 aliphatic heterocycles. The predicted molar refractivity (Wildman–Crippen MR) is 126 cm³/mol. The fraction of sp³-hybridized carbons (Fsp3) is 0.0370. The zero-order valence-electron chi connectivity index (χ0n) is 17.3. The van der Waals surface area contributed by atoms with Gasteiger partial charge in [0.25, 0.3) is 10.0 Å². The molecule has 0 spiro atoms. The molecule has 32 heavy (non-hydrogen) atoms. The van der Waals surface area contributed by atoms with Gasteiger partial charge < -0.3 is 4.42 Å². The molecule has 156 valence electrons. The van der Waals surface area contributed by atoms with Gasteiger partial charge >= 0.3 is 0 Å². The molecule has 0 unspecified atom stereocenters. The molecule has 4 nitrogen and oxygen atoms in total. The van der Waals surface area contributed by atoms with E-state index in [0.717, 1.165) is 22.1 Å². The van der Waals surface area contributed by atoms with Gasteiger partial charge in [-0.25, -0.2) is 12.4 Å². The Morgan fingerprint density at radius 2 is 1.50 bits per heavy atom. The fourth-order valence-corrected chi connectivity index (χ4v) is 5.24. The van der Waals surface area contributed by atoms with Crippen LogP contribution in [-0.2, 0) is 10.0 Å². The van der Waals surface area contributed by atoms with Crippen LogP contribution in [0.2, 0.25) is 0 Å². The third-order valence-corrected chi connectivity index (χ3v) is 7.01. The Bertz CT molecular complexity index is 1570. The second-order valence-electron chi connectivity index (χ2n) is 7.42. The van der Waals surface area contributed by atoms with Crippen LogP contribution in [0.15, 0.2) is 107 Å². The van der Waals surface area contributed by atoms with Crippen LogP contribution in [0.25, 0.3) is 22.0 Å². The molecule has 0 amide bonds. The average molecular weight is 438 g/mol. The number of hydrogen-bond donors (Lipinski definition) is 0. The molecule has 0 saturated heterocycles. The predicted octanol–water partition coefficient (Wildman–Crippen LogP) is 5.85. The molecule has 0 fully saturated rings. The highest BCUT2D eigenvalue weighted by Gasteiger charge is 2.26. The lowest BCUT2D eigenvalue weighted by Crippen LogP contribution is -2.15. The Morgan fingerprint density at radius 1 is 0.781 bits per heavy atom. The molecule has 0 N–H and O–H groups in total. The van der Waals surface area contributed by atoms with Crippen LogP contribution in [0.3, 0.4) is 0 Å². The van der Waals surface area contributed by atoms with Crippen molar-refractivity contribution in [2.24, 2.45) is 0 Å². The third kappa shape index (κ3) is 3.41. The van der Waals surface area contributed by atoms with E-state index in [1.165, 1.54) is 3.97 Å². The van der Waals surface area contributed by atoms with Crippen molar-refractivity contribution in [2.45, 2.75) is 11.8 Å². The van der Waals surface area contributed by atoms with Crippen molar-refractivity contribution in [3.05, 3.63) is 114 Å². The van der Waals surface area contributed by atoms with Crippen molar-refractivity contribution in [2.75, 3.05) is 0 Å². The van der Waals surface area contributed by atoms with Crippen molar-refractivity contribution < 1.29 is 12.8 Å². The first-order valence-corrected chi connectivity index (χ1v) is 11.6. The summed E-state index contributed by atoms with van der Waals surface area (Å²) in [6.07, 6.45) is 1.54. The minimum absolute atomic E-state index is 0.213. The lowest BCUT2D eigenvalue weighted by Gasteiger charge is -2.10. The summed E-state index contributed by atoms with van der Waals surface area (Å²) in [6, 6.07) is 27.5. The van der Waals surface area contributed by atoms with E-state index < -0.39 is 10.0 Å². The summed E-state index contributed by atoms with van der Waals surface area (Å²) in [5.41, 5.74) is 3.63. The number of aryl methyl sites for hydroxylation is 1. The van der Waals surface area contributed by atoms with Gasteiger partial charge in [-0.3, -0.25) is 0 Å². The lowest BCUT2D eigenvalue weighted by atomic mass is 10.0. The summed E-state index contributed by atoms with van der Waals surface area (Å²) < 4.78 is 34.4. The number of aromatic nitrogens is 1. The normalized spacial score (nSPS) is 11.3. The highest BCUT2D eigenvalue weighted by atomic mass is 32.2. The zero-order chi connectivity index (χ0) is 22.1. The molecular weight excluding hydrogens is 418 g/mol. The van der Waals surface area contributed by atoms with Gasteiger partial charge in [0.15, 0.2) is 5.76 Å². The zero-order valence-corrected chi connectivity index (χ0v) is 18.1. The van der Waals surface area contributed by atoms with E-state index in [4.69, 9.17) is 4.42 Å². The van der Waals surface area contributed by atoms with E-state index in [2.05, 4.69) is 11.8 Å². The molecular formula is C27H19NO3S. The first kappa shape index (κ1) is 19.9. The van der Waals surface area contributed by atoms with Crippen LogP contribution in [0, 0.1) is 18.8 Å². The summed E-state index contributed by atoms with van der Waals surface area (Å²) in [7, 11) is -3.91. The highest BCUT2D eigenvalue weighted by molar-refractivity contribution is 7.90. The smallest absolute Gasteiger partial charge is 0.269 e. The molecule has 5 aromatic rings. The maximum atomic E-state index is 13.9. The summed E-state index contributed by atoms with van der Waals surface area (Å²) >= 11 is 0. The SMILES string of the molecule is Cc1ccc(S(=O)(=O)n2c(C#Cc3ccco3)c(-c3ccccc3)c3ccccc32)cc1. The van der Waals surface area contributed by atoms with Crippen LogP contribution in [0.5, 0.6) is 0 Å². The number of benzene rings is 3. The summed E-state index contributed by atoms with van der Waals surface area (Å²) in [6.45, 7) is 1.93. The third-order valence-electron chi connectivity index (χ3n) is 5.28. The quantitative estimate of drug-likeness (QED) is 0.333.